The summed E-state index contributed by atoms with van der Waals surface area (Å²) >= 11 is 1.95. The number of hydrogen-bond donors (Lipinski definition) is 1. The molecule has 2 N–H and O–H groups in total. The molecule has 0 aliphatic rings. The summed E-state index contributed by atoms with van der Waals surface area (Å²) in [6, 6.07) is 6.70. The van der Waals surface area contributed by atoms with Crippen LogP contribution in [0.15, 0.2) is 18.2 Å². The molecule has 0 heterocycles. The predicted molar refractivity (Wildman–Crippen MR) is 75.0 cm³/mol. The summed E-state index contributed by atoms with van der Waals surface area (Å²) in [5, 5.41) is 0. The molecule has 1 atom stereocenters. The van der Waals surface area contributed by atoms with Gasteiger partial charge in [-0.15, -0.1) is 0 Å². The van der Waals surface area contributed by atoms with Crippen molar-refractivity contribution in [2.24, 2.45) is 11.7 Å². The Morgan fingerprint density at radius 2 is 1.88 bits per heavy atom. The Balaban J connectivity index is 2.55. The molecule has 16 heavy (non-hydrogen) atoms. The van der Waals surface area contributed by atoms with Gasteiger partial charge in [0.15, 0.2) is 0 Å². The van der Waals surface area contributed by atoms with Crippen molar-refractivity contribution in [2.75, 3.05) is 11.5 Å². The van der Waals surface area contributed by atoms with Crippen LogP contribution < -0.4 is 5.73 Å². The van der Waals surface area contributed by atoms with Gasteiger partial charge in [0, 0.05) is 11.8 Å². The van der Waals surface area contributed by atoms with Gasteiger partial charge in [0.05, 0.1) is 0 Å². The van der Waals surface area contributed by atoms with Gasteiger partial charge >= 0.3 is 0 Å². The van der Waals surface area contributed by atoms with Crippen LogP contribution in [0.1, 0.15) is 36.6 Å². The van der Waals surface area contributed by atoms with E-state index in [1.54, 1.807) is 0 Å². The zero-order valence-corrected chi connectivity index (χ0v) is 11.6. The van der Waals surface area contributed by atoms with E-state index in [1.165, 1.54) is 22.4 Å². The van der Waals surface area contributed by atoms with E-state index in [4.69, 9.17) is 5.73 Å². The van der Waals surface area contributed by atoms with Gasteiger partial charge in [-0.1, -0.05) is 37.6 Å². The maximum Gasteiger partial charge on any atom is 0.0389 e. The molecule has 0 saturated heterocycles. The molecule has 90 valence electrons. The standard InChI is InChI=1S/C14H23NS/c1-10(2)8-16-9-14(15)13-6-5-11(3)7-12(13)4/h5-7,10,14H,8-9,15H2,1-4H3. The van der Waals surface area contributed by atoms with Crippen molar-refractivity contribution in [3.05, 3.63) is 34.9 Å². The lowest BCUT2D eigenvalue weighted by atomic mass is 10.0. The van der Waals surface area contributed by atoms with Crippen LogP contribution in [0.4, 0.5) is 0 Å². The number of hydrogen-bond acceptors (Lipinski definition) is 2. The topological polar surface area (TPSA) is 26.0 Å². The van der Waals surface area contributed by atoms with Gasteiger partial charge < -0.3 is 5.73 Å². The first-order valence-corrected chi connectivity index (χ1v) is 7.06. The molecule has 1 aromatic rings. The molecular formula is C14H23NS. The van der Waals surface area contributed by atoms with E-state index in [2.05, 4.69) is 45.9 Å². The summed E-state index contributed by atoms with van der Waals surface area (Å²) < 4.78 is 0. The first-order chi connectivity index (χ1) is 7.50. The molecule has 1 nitrogen and oxygen atoms in total. The minimum absolute atomic E-state index is 0.171. The zero-order chi connectivity index (χ0) is 12.1. The van der Waals surface area contributed by atoms with Crippen molar-refractivity contribution in [1.29, 1.82) is 0 Å². The molecule has 0 bridgehead atoms. The number of benzene rings is 1. The first kappa shape index (κ1) is 13.6. The SMILES string of the molecule is Cc1ccc(C(N)CSCC(C)C)c(C)c1. The molecule has 0 amide bonds. The van der Waals surface area contributed by atoms with Crippen LogP contribution in [0, 0.1) is 19.8 Å². The van der Waals surface area contributed by atoms with Crippen LogP contribution in [0.3, 0.4) is 0 Å². The van der Waals surface area contributed by atoms with E-state index in [1.807, 2.05) is 11.8 Å². The minimum atomic E-state index is 0.171. The largest absolute Gasteiger partial charge is 0.323 e. The van der Waals surface area contributed by atoms with Gasteiger partial charge in [-0.25, -0.2) is 0 Å². The Labute approximate surface area is 104 Å². The van der Waals surface area contributed by atoms with Gasteiger partial charge in [-0.05, 0) is 36.6 Å². The van der Waals surface area contributed by atoms with E-state index in [-0.39, 0.29) is 6.04 Å². The maximum atomic E-state index is 6.21. The average Bonchev–Trinajstić information content (AvgIpc) is 2.16. The van der Waals surface area contributed by atoms with Crippen molar-refractivity contribution in [2.45, 2.75) is 33.7 Å². The summed E-state index contributed by atoms with van der Waals surface area (Å²) in [6.07, 6.45) is 0. The third-order valence-electron chi connectivity index (χ3n) is 2.57. The monoisotopic (exact) mass is 237 g/mol. The molecule has 0 spiro atoms. The Morgan fingerprint density at radius 1 is 1.19 bits per heavy atom. The smallest absolute Gasteiger partial charge is 0.0389 e. The summed E-state index contributed by atoms with van der Waals surface area (Å²) in [5.41, 5.74) is 10.1. The molecule has 0 aliphatic carbocycles. The average molecular weight is 237 g/mol. The molecule has 0 fully saturated rings. The van der Waals surface area contributed by atoms with E-state index < -0.39 is 0 Å². The lowest BCUT2D eigenvalue weighted by Gasteiger charge is -2.15. The van der Waals surface area contributed by atoms with Crippen LogP contribution in [0.25, 0.3) is 0 Å². The fourth-order valence-electron chi connectivity index (χ4n) is 1.76. The molecule has 0 aromatic heterocycles. The van der Waals surface area contributed by atoms with Crippen LogP contribution in [0.2, 0.25) is 0 Å². The molecule has 0 radical (unpaired) electrons. The molecule has 0 saturated carbocycles. The second kappa shape index (κ2) is 6.31. The minimum Gasteiger partial charge on any atom is -0.323 e. The summed E-state index contributed by atoms with van der Waals surface area (Å²) in [7, 11) is 0. The van der Waals surface area contributed by atoms with Gasteiger partial charge in [-0.3, -0.25) is 0 Å². The number of thioether (sulfide) groups is 1. The Bertz CT molecular complexity index is 334. The Hall–Kier alpha value is -0.470. The highest BCUT2D eigenvalue weighted by molar-refractivity contribution is 7.99. The number of rotatable bonds is 5. The fourth-order valence-corrected chi connectivity index (χ4v) is 2.80. The summed E-state index contributed by atoms with van der Waals surface area (Å²) in [4.78, 5) is 0. The summed E-state index contributed by atoms with van der Waals surface area (Å²) in [5.74, 6) is 2.96. The van der Waals surface area contributed by atoms with Crippen molar-refractivity contribution < 1.29 is 0 Å². The lowest BCUT2D eigenvalue weighted by molar-refractivity contribution is 0.746. The van der Waals surface area contributed by atoms with Crippen molar-refractivity contribution in [1.82, 2.24) is 0 Å². The molecule has 0 aliphatic heterocycles. The first-order valence-electron chi connectivity index (χ1n) is 5.91. The fraction of sp³-hybridized carbons (Fsp3) is 0.571. The van der Waals surface area contributed by atoms with Gasteiger partial charge in [0.25, 0.3) is 0 Å². The Morgan fingerprint density at radius 3 is 2.44 bits per heavy atom. The second-order valence-corrected chi connectivity index (χ2v) is 5.97. The van der Waals surface area contributed by atoms with Gasteiger partial charge in [-0.2, -0.15) is 11.8 Å². The molecule has 1 unspecified atom stereocenters. The molecule has 2 heteroatoms. The second-order valence-electron chi connectivity index (χ2n) is 4.90. The maximum absolute atomic E-state index is 6.21. The van der Waals surface area contributed by atoms with E-state index in [0.717, 1.165) is 11.7 Å². The normalized spacial score (nSPS) is 13.1. The quantitative estimate of drug-likeness (QED) is 0.845. The highest BCUT2D eigenvalue weighted by Crippen LogP contribution is 2.21. The van der Waals surface area contributed by atoms with Crippen LogP contribution in [0.5, 0.6) is 0 Å². The van der Waals surface area contributed by atoms with Crippen LogP contribution in [-0.4, -0.2) is 11.5 Å². The zero-order valence-electron chi connectivity index (χ0n) is 10.8. The van der Waals surface area contributed by atoms with Crippen molar-refractivity contribution in [3.63, 3.8) is 0 Å². The van der Waals surface area contributed by atoms with E-state index in [0.29, 0.717) is 0 Å². The summed E-state index contributed by atoms with van der Waals surface area (Å²) in [6.45, 7) is 8.76. The number of aryl methyl sites for hydroxylation is 2. The third-order valence-corrected chi connectivity index (χ3v) is 4.07. The highest BCUT2D eigenvalue weighted by atomic mass is 32.2. The predicted octanol–water partition coefficient (Wildman–Crippen LogP) is 3.69. The Kier molecular flexibility index (Phi) is 5.36. The highest BCUT2D eigenvalue weighted by Gasteiger charge is 2.09. The van der Waals surface area contributed by atoms with E-state index in [9.17, 15) is 0 Å². The molecular weight excluding hydrogens is 214 g/mol. The molecule has 1 rings (SSSR count). The molecule has 1 aromatic carbocycles. The van der Waals surface area contributed by atoms with Gasteiger partial charge in [0.1, 0.15) is 0 Å². The van der Waals surface area contributed by atoms with E-state index >= 15 is 0 Å². The van der Waals surface area contributed by atoms with Crippen molar-refractivity contribution >= 4 is 11.8 Å². The van der Waals surface area contributed by atoms with Gasteiger partial charge in [0.2, 0.25) is 0 Å². The van der Waals surface area contributed by atoms with Crippen LogP contribution in [-0.2, 0) is 0 Å². The van der Waals surface area contributed by atoms with Crippen LogP contribution >= 0.6 is 11.8 Å². The lowest BCUT2D eigenvalue weighted by Crippen LogP contribution is -2.15. The third kappa shape index (κ3) is 4.18. The van der Waals surface area contributed by atoms with Crippen molar-refractivity contribution in [3.8, 4) is 0 Å². The number of nitrogens with two attached hydrogens (primary N) is 1.